The van der Waals surface area contributed by atoms with Gasteiger partial charge in [0.15, 0.2) is 0 Å². The molecule has 3 rings (SSSR count). The van der Waals surface area contributed by atoms with E-state index in [1.165, 1.54) is 48.8 Å². The molecule has 1 aliphatic rings. The first kappa shape index (κ1) is 18.8. The molecule has 2 aromatic rings. The number of nitro benzene ring substituents is 2. The first-order chi connectivity index (χ1) is 13.0. The second kappa shape index (κ2) is 8.58. The quantitative estimate of drug-likeness (QED) is 0.373. The van der Waals surface area contributed by atoms with E-state index < -0.39 is 31.8 Å². The molecule has 11 heteroatoms. The summed E-state index contributed by atoms with van der Waals surface area (Å²) < 4.78 is 11.5. The first-order valence-corrected chi connectivity index (χ1v) is 10.0. The Morgan fingerprint density at radius 3 is 1.67 bits per heavy atom. The van der Waals surface area contributed by atoms with Crippen LogP contribution in [0.4, 0.5) is 11.4 Å². The Balaban J connectivity index is 1.90. The summed E-state index contributed by atoms with van der Waals surface area (Å²) in [7, 11) is 0. The van der Waals surface area contributed by atoms with E-state index in [0.29, 0.717) is 35.7 Å². The summed E-state index contributed by atoms with van der Waals surface area (Å²) in [6.07, 6.45) is 3.01. The van der Waals surface area contributed by atoms with Crippen LogP contribution in [0.3, 0.4) is 0 Å². The minimum atomic E-state index is -1.87. The Bertz CT molecular complexity index is 871. The third-order valence-corrected chi connectivity index (χ3v) is 5.26. The Hall–Kier alpha value is -3.02. The van der Waals surface area contributed by atoms with Crippen molar-refractivity contribution >= 4 is 45.8 Å². The van der Waals surface area contributed by atoms with Crippen molar-refractivity contribution in [3.63, 3.8) is 0 Å². The van der Waals surface area contributed by atoms with Crippen LogP contribution >= 0.6 is 0 Å². The van der Waals surface area contributed by atoms with E-state index in [-0.39, 0.29) is 11.4 Å². The topological polar surface area (TPSA) is 129 Å². The number of aliphatic imine (C=N–C) groups is 2. The molecule has 0 N–H and O–H groups in total. The van der Waals surface area contributed by atoms with Gasteiger partial charge in [-0.1, -0.05) is 0 Å². The van der Waals surface area contributed by atoms with Gasteiger partial charge in [0.2, 0.25) is 0 Å². The summed E-state index contributed by atoms with van der Waals surface area (Å²) in [5.41, 5.74) is 0.854. The molecule has 27 heavy (non-hydrogen) atoms. The van der Waals surface area contributed by atoms with Crippen LogP contribution in [0.25, 0.3) is 0 Å². The maximum atomic E-state index is 11.0. The monoisotopic (exact) mass is 476 g/mol. The van der Waals surface area contributed by atoms with E-state index in [1.54, 1.807) is 0 Å². The van der Waals surface area contributed by atoms with E-state index in [4.69, 9.17) is 6.15 Å². The average Bonchev–Trinajstić information content (AvgIpc) is 2.66. The summed E-state index contributed by atoms with van der Waals surface area (Å²) in [5.74, 6) is 0.888. The Morgan fingerprint density at radius 2 is 1.26 bits per heavy atom. The molecular formula is C16H12N4O6Sn. The molecule has 1 aliphatic heterocycles. The van der Waals surface area contributed by atoms with Gasteiger partial charge in [0.1, 0.15) is 0 Å². The SMILES string of the molecule is O=[N+]([O-])c1ccc2c(c1)C=NCCN=Cc1cc([N+](=O)[O-])ccc1[O][Sn][O]2. The molecule has 0 atom stereocenters. The number of nitro groups is 2. The van der Waals surface area contributed by atoms with Crippen LogP contribution < -0.4 is 6.15 Å². The summed E-state index contributed by atoms with van der Waals surface area (Å²) in [6.45, 7) is 0.702. The zero-order valence-electron chi connectivity index (χ0n) is 13.8. The van der Waals surface area contributed by atoms with Crippen molar-refractivity contribution < 1.29 is 16.0 Å². The van der Waals surface area contributed by atoms with Crippen molar-refractivity contribution in [2.45, 2.75) is 0 Å². The minimum absolute atomic E-state index is 0.0601. The fourth-order valence-corrected chi connectivity index (χ4v) is 3.93. The molecule has 2 radical (unpaired) electrons. The third-order valence-electron chi connectivity index (χ3n) is 3.53. The predicted molar refractivity (Wildman–Crippen MR) is 98.1 cm³/mol. The van der Waals surface area contributed by atoms with E-state index in [9.17, 15) is 20.2 Å². The number of non-ortho nitro benzene ring substituents is 2. The zero-order chi connectivity index (χ0) is 19.2. The average molecular weight is 475 g/mol. The molecule has 0 bridgehead atoms. The molecule has 0 spiro atoms. The molecule has 136 valence electrons. The second-order valence-corrected chi connectivity index (χ2v) is 6.96. The van der Waals surface area contributed by atoms with Crippen LogP contribution in [-0.4, -0.2) is 57.3 Å². The van der Waals surface area contributed by atoms with Crippen LogP contribution in [0, 0.1) is 20.2 Å². The number of nitrogens with zero attached hydrogens (tertiary/aromatic N) is 4. The molecule has 2 aromatic carbocycles. The molecule has 0 fully saturated rings. The van der Waals surface area contributed by atoms with Gasteiger partial charge in [0, 0.05) is 0 Å². The summed E-state index contributed by atoms with van der Waals surface area (Å²) in [6, 6.07) is 8.50. The number of rotatable bonds is 2. The van der Waals surface area contributed by atoms with E-state index >= 15 is 0 Å². The summed E-state index contributed by atoms with van der Waals surface area (Å²) >= 11 is -1.87. The van der Waals surface area contributed by atoms with Gasteiger partial charge in [-0.05, 0) is 0 Å². The Labute approximate surface area is 164 Å². The number of hydrogen-bond donors (Lipinski definition) is 0. The number of fused-ring (bicyclic) bond motifs is 2. The fraction of sp³-hybridized carbons (Fsp3) is 0.125. The Morgan fingerprint density at radius 1 is 0.815 bits per heavy atom. The van der Waals surface area contributed by atoms with Crippen LogP contribution in [0.1, 0.15) is 11.1 Å². The van der Waals surface area contributed by atoms with Crippen molar-refractivity contribution in [3.05, 3.63) is 67.8 Å². The molecule has 0 unspecified atom stereocenters. The van der Waals surface area contributed by atoms with Gasteiger partial charge in [-0.3, -0.25) is 0 Å². The number of hydrogen-bond acceptors (Lipinski definition) is 8. The van der Waals surface area contributed by atoms with Crippen LogP contribution in [-0.2, 0) is 0 Å². The molecule has 0 aliphatic carbocycles. The van der Waals surface area contributed by atoms with E-state index in [1.807, 2.05) is 0 Å². The van der Waals surface area contributed by atoms with Crippen LogP contribution in [0.15, 0.2) is 46.4 Å². The Kier molecular flexibility index (Phi) is 5.96. The molecule has 0 amide bonds. The van der Waals surface area contributed by atoms with Crippen molar-refractivity contribution in [2.75, 3.05) is 13.1 Å². The molecule has 1 heterocycles. The van der Waals surface area contributed by atoms with Crippen molar-refractivity contribution in [2.24, 2.45) is 9.98 Å². The van der Waals surface area contributed by atoms with Crippen molar-refractivity contribution in [1.29, 1.82) is 0 Å². The van der Waals surface area contributed by atoms with Crippen molar-refractivity contribution in [3.8, 4) is 11.5 Å². The normalized spacial score (nSPS) is 13.6. The van der Waals surface area contributed by atoms with Gasteiger partial charge in [-0.2, -0.15) is 0 Å². The van der Waals surface area contributed by atoms with E-state index in [2.05, 4.69) is 9.98 Å². The summed E-state index contributed by atoms with van der Waals surface area (Å²) in [5, 5.41) is 21.9. The van der Waals surface area contributed by atoms with Crippen molar-refractivity contribution in [1.82, 2.24) is 0 Å². The standard InChI is InChI=1S/C16H14N4O6.Sn/c21-15-3-1-13(19(23)24)7-11(15)9-17-5-6-18-10-12-8-14(20(25)26)2-4-16(12)22;/h1-4,7-10,21-22H,5-6H2;/q;+2/p-2. The van der Waals surface area contributed by atoms with Crippen LogP contribution in [0.2, 0.25) is 0 Å². The molecular weight excluding hydrogens is 463 g/mol. The molecule has 0 saturated heterocycles. The first-order valence-electron chi connectivity index (χ1n) is 7.70. The molecule has 0 aromatic heterocycles. The fourth-order valence-electron chi connectivity index (χ4n) is 2.24. The van der Waals surface area contributed by atoms with Gasteiger partial charge >= 0.3 is 164 Å². The van der Waals surface area contributed by atoms with E-state index in [0.717, 1.165) is 0 Å². The van der Waals surface area contributed by atoms with Gasteiger partial charge in [-0.25, -0.2) is 0 Å². The molecule has 0 saturated carbocycles. The van der Waals surface area contributed by atoms with Gasteiger partial charge < -0.3 is 0 Å². The second-order valence-electron chi connectivity index (χ2n) is 5.32. The molecule has 10 nitrogen and oxygen atoms in total. The van der Waals surface area contributed by atoms with Gasteiger partial charge in [0.05, 0.1) is 0 Å². The summed E-state index contributed by atoms with van der Waals surface area (Å²) in [4.78, 5) is 29.4. The zero-order valence-corrected chi connectivity index (χ0v) is 16.6. The maximum absolute atomic E-state index is 11.0. The van der Waals surface area contributed by atoms with Gasteiger partial charge in [-0.15, -0.1) is 0 Å². The predicted octanol–water partition coefficient (Wildman–Crippen LogP) is 2.35. The number of benzene rings is 2. The van der Waals surface area contributed by atoms with Gasteiger partial charge in [0.25, 0.3) is 0 Å². The third kappa shape index (κ3) is 4.78. The van der Waals surface area contributed by atoms with Crippen LogP contribution in [0.5, 0.6) is 11.5 Å².